The largest absolute Gasteiger partial charge is 0.381 e. The summed E-state index contributed by atoms with van der Waals surface area (Å²) in [6.45, 7) is 9.75. The van der Waals surface area contributed by atoms with Crippen LogP contribution in [0.4, 0.5) is 0 Å². The minimum atomic E-state index is -0.264. The average Bonchev–Trinajstić information content (AvgIpc) is 2.51. The van der Waals surface area contributed by atoms with Crippen molar-refractivity contribution in [3.63, 3.8) is 0 Å². The van der Waals surface area contributed by atoms with E-state index in [0.717, 1.165) is 45.1 Å². The Morgan fingerprint density at radius 2 is 1.90 bits per heavy atom. The first-order valence-corrected chi connectivity index (χ1v) is 7.67. The van der Waals surface area contributed by atoms with E-state index in [9.17, 15) is 0 Å². The lowest BCUT2D eigenvalue weighted by Crippen LogP contribution is -2.51. The molecule has 2 N–H and O–H groups in total. The van der Waals surface area contributed by atoms with Gasteiger partial charge >= 0.3 is 0 Å². The van der Waals surface area contributed by atoms with E-state index in [1.165, 1.54) is 0 Å². The Bertz CT molecular complexity index is 326. The molecule has 1 aliphatic heterocycles. The average molecular weight is 301 g/mol. The van der Waals surface area contributed by atoms with Gasteiger partial charge in [0.15, 0.2) is 5.96 Å². The van der Waals surface area contributed by atoms with Crippen LogP contribution in [0.3, 0.4) is 0 Å². The smallest absolute Gasteiger partial charge is 0.191 e. The van der Waals surface area contributed by atoms with E-state index < -0.39 is 0 Å². The third kappa shape index (κ3) is 6.20. The standard InChI is InChI=1S/C15H31N3O3/c1-6-16-13(17-11-14(2,3)19-4)18-12-15(20-5)7-9-21-10-8-15/h6-12H2,1-5H3,(H2,16,17,18). The predicted molar refractivity (Wildman–Crippen MR) is 84.9 cm³/mol. The van der Waals surface area contributed by atoms with Crippen molar-refractivity contribution in [1.29, 1.82) is 0 Å². The molecule has 1 heterocycles. The molecule has 0 aliphatic carbocycles. The Morgan fingerprint density at radius 1 is 1.24 bits per heavy atom. The summed E-state index contributed by atoms with van der Waals surface area (Å²) in [5.74, 6) is 0.797. The number of rotatable bonds is 7. The molecule has 1 saturated heterocycles. The molecule has 0 aromatic rings. The number of nitrogens with one attached hydrogen (secondary N) is 2. The van der Waals surface area contributed by atoms with Crippen LogP contribution >= 0.6 is 0 Å². The van der Waals surface area contributed by atoms with E-state index in [1.54, 1.807) is 14.2 Å². The number of methoxy groups -OCH3 is 2. The van der Waals surface area contributed by atoms with Gasteiger partial charge in [-0.2, -0.15) is 0 Å². The number of nitrogens with zero attached hydrogens (tertiary/aromatic N) is 1. The third-order valence-corrected chi connectivity index (χ3v) is 3.93. The topological polar surface area (TPSA) is 64.1 Å². The number of hydrogen-bond donors (Lipinski definition) is 2. The lowest BCUT2D eigenvalue weighted by Gasteiger charge is -2.36. The first kappa shape index (κ1) is 18.2. The van der Waals surface area contributed by atoms with Gasteiger partial charge in [-0.1, -0.05) is 0 Å². The second-order valence-corrected chi connectivity index (χ2v) is 6.01. The van der Waals surface area contributed by atoms with Crippen LogP contribution in [0.15, 0.2) is 4.99 Å². The molecule has 0 spiro atoms. The Labute approximate surface area is 128 Å². The minimum absolute atomic E-state index is 0.161. The lowest BCUT2D eigenvalue weighted by atomic mass is 9.94. The summed E-state index contributed by atoms with van der Waals surface area (Å²) in [6, 6.07) is 0. The Kier molecular flexibility index (Phi) is 7.42. The van der Waals surface area contributed by atoms with E-state index in [1.807, 2.05) is 13.8 Å². The van der Waals surface area contributed by atoms with Gasteiger partial charge in [-0.15, -0.1) is 0 Å². The van der Waals surface area contributed by atoms with Crippen LogP contribution in [0, 0.1) is 0 Å². The van der Waals surface area contributed by atoms with Crippen LogP contribution in [0.1, 0.15) is 33.6 Å². The molecule has 0 unspecified atom stereocenters. The van der Waals surface area contributed by atoms with Crippen LogP contribution in [0.25, 0.3) is 0 Å². The van der Waals surface area contributed by atoms with Crippen molar-refractivity contribution < 1.29 is 14.2 Å². The molecule has 0 atom stereocenters. The van der Waals surface area contributed by atoms with Gasteiger partial charge in [0.1, 0.15) is 0 Å². The van der Waals surface area contributed by atoms with Gasteiger partial charge in [0, 0.05) is 53.4 Å². The van der Waals surface area contributed by atoms with Crippen LogP contribution in [-0.4, -0.2) is 64.2 Å². The SMILES string of the molecule is CCNC(=NCC(C)(C)OC)NCC1(OC)CCOCC1. The zero-order valence-electron chi connectivity index (χ0n) is 14.1. The van der Waals surface area contributed by atoms with E-state index in [2.05, 4.69) is 22.5 Å². The number of guanidine groups is 1. The molecular formula is C15H31N3O3. The van der Waals surface area contributed by atoms with E-state index in [-0.39, 0.29) is 11.2 Å². The van der Waals surface area contributed by atoms with Crippen molar-refractivity contribution >= 4 is 5.96 Å². The molecule has 124 valence electrons. The Balaban J connectivity index is 2.58. The van der Waals surface area contributed by atoms with Crippen molar-refractivity contribution in [3.8, 4) is 0 Å². The van der Waals surface area contributed by atoms with Crippen molar-refractivity contribution in [3.05, 3.63) is 0 Å². The fraction of sp³-hybridized carbons (Fsp3) is 0.933. The zero-order chi connectivity index (χ0) is 15.8. The maximum absolute atomic E-state index is 5.72. The first-order chi connectivity index (χ1) is 9.97. The van der Waals surface area contributed by atoms with Crippen molar-refractivity contribution in [2.24, 2.45) is 4.99 Å². The molecule has 0 aromatic carbocycles. The summed E-state index contributed by atoms with van der Waals surface area (Å²) in [5, 5.41) is 6.64. The summed E-state index contributed by atoms with van der Waals surface area (Å²) >= 11 is 0. The van der Waals surface area contributed by atoms with Gasteiger partial charge in [0.05, 0.1) is 17.7 Å². The van der Waals surface area contributed by atoms with Crippen molar-refractivity contribution in [1.82, 2.24) is 10.6 Å². The molecule has 1 rings (SSSR count). The van der Waals surface area contributed by atoms with Gasteiger partial charge in [-0.3, -0.25) is 4.99 Å². The molecule has 6 heteroatoms. The predicted octanol–water partition coefficient (Wildman–Crippen LogP) is 1.16. The molecule has 1 fully saturated rings. The summed E-state index contributed by atoms with van der Waals surface area (Å²) in [5.41, 5.74) is -0.425. The Morgan fingerprint density at radius 3 is 2.43 bits per heavy atom. The number of hydrogen-bond acceptors (Lipinski definition) is 4. The molecule has 0 radical (unpaired) electrons. The normalized spacial score (nSPS) is 19.4. The van der Waals surface area contributed by atoms with Gasteiger partial charge in [0.2, 0.25) is 0 Å². The summed E-state index contributed by atoms with van der Waals surface area (Å²) < 4.78 is 16.5. The molecule has 21 heavy (non-hydrogen) atoms. The summed E-state index contributed by atoms with van der Waals surface area (Å²) in [4.78, 5) is 4.59. The van der Waals surface area contributed by atoms with E-state index >= 15 is 0 Å². The molecule has 0 aromatic heterocycles. The highest BCUT2D eigenvalue weighted by molar-refractivity contribution is 5.79. The van der Waals surface area contributed by atoms with Crippen LogP contribution in [-0.2, 0) is 14.2 Å². The highest BCUT2D eigenvalue weighted by Crippen LogP contribution is 2.23. The molecule has 0 bridgehead atoms. The third-order valence-electron chi connectivity index (χ3n) is 3.93. The molecule has 6 nitrogen and oxygen atoms in total. The van der Waals surface area contributed by atoms with Crippen molar-refractivity contribution in [2.75, 3.05) is 47.1 Å². The summed E-state index contributed by atoms with van der Waals surface area (Å²) in [6.07, 6.45) is 1.80. The maximum Gasteiger partial charge on any atom is 0.191 e. The van der Waals surface area contributed by atoms with Crippen LogP contribution in [0.5, 0.6) is 0 Å². The van der Waals surface area contributed by atoms with Gasteiger partial charge in [-0.05, 0) is 20.8 Å². The second-order valence-electron chi connectivity index (χ2n) is 6.01. The zero-order valence-corrected chi connectivity index (χ0v) is 14.1. The monoisotopic (exact) mass is 301 g/mol. The molecule has 0 saturated carbocycles. The van der Waals surface area contributed by atoms with Gasteiger partial charge < -0.3 is 24.8 Å². The van der Waals surface area contributed by atoms with Gasteiger partial charge in [0.25, 0.3) is 0 Å². The molecule has 1 aliphatic rings. The highest BCUT2D eigenvalue weighted by Gasteiger charge is 2.32. The van der Waals surface area contributed by atoms with Crippen LogP contribution in [0.2, 0.25) is 0 Å². The minimum Gasteiger partial charge on any atom is -0.381 e. The molecule has 0 amide bonds. The first-order valence-electron chi connectivity index (χ1n) is 7.67. The molecular weight excluding hydrogens is 270 g/mol. The van der Waals surface area contributed by atoms with Crippen molar-refractivity contribution in [2.45, 2.75) is 44.8 Å². The second kappa shape index (κ2) is 8.56. The Hall–Kier alpha value is -0.850. The number of ether oxygens (including phenoxy) is 3. The highest BCUT2D eigenvalue weighted by atomic mass is 16.5. The quantitative estimate of drug-likeness (QED) is 0.546. The van der Waals surface area contributed by atoms with E-state index in [0.29, 0.717) is 6.54 Å². The lowest BCUT2D eigenvalue weighted by molar-refractivity contribution is -0.0855. The number of aliphatic imine (C=N–C) groups is 1. The fourth-order valence-corrected chi connectivity index (χ4v) is 2.12. The van der Waals surface area contributed by atoms with E-state index in [4.69, 9.17) is 14.2 Å². The van der Waals surface area contributed by atoms with Gasteiger partial charge in [-0.25, -0.2) is 0 Å². The summed E-state index contributed by atoms with van der Waals surface area (Å²) in [7, 11) is 3.48. The van der Waals surface area contributed by atoms with Crippen LogP contribution < -0.4 is 10.6 Å². The maximum atomic E-state index is 5.72. The fourth-order valence-electron chi connectivity index (χ4n) is 2.12.